The smallest absolute Gasteiger partial charge is 0.168 e. The molecule has 0 saturated carbocycles. The number of aromatic nitrogens is 2. The third kappa shape index (κ3) is 3.56. The maximum Gasteiger partial charge on any atom is 0.168 e. The van der Waals surface area contributed by atoms with Crippen molar-refractivity contribution < 1.29 is 9.90 Å². The number of fused-ring (bicyclic) bond motifs is 1. The second kappa shape index (κ2) is 7.56. The summed E-state index contributed by atoms with van der Waals surface area (Å²) in [6.45, 7) is 1.99. The van der Waals surface area contributed by atoms with Crippen molar-refractivity contribution in [3.05, 3.63) is 62.9 Å². The number of nitrogens with zero attached hydrogens (tertiary/aromatic N) is 2. The van der Waals surface area contributed by atoms with Crippen LogP contribution in [0.4, 0.5) is 0 Å². The van der Waals surface area contributed by atoms with Gasteiger partial charge in [0.05, 0.1) is 14.6 Å². The second-order valence-electron chi connectivity index (χ2n) is 4.41. The molecule has 0 aliphatic heterocycles. The van der Waals surface area contributed by atoms with Crippen LogP contribution in [0.25, 0.3) is 5.65 Å². The molecule has 0 bridgehead atoms. The Morgan fingerprint density at radius 2 is 1.86 bits per heavy atom. The van der Waals surface area contributed by atoms with E-state index < -0.39 is 0 Å². The standard InChI is InChI=1S/C10H10N2O.C6H4Br2O/c1-2-8-9(7-13)12-6-4-3-5-10(12)11-8;7-4-2-1-3-5(8)6(4)9/h3-7H,2H2,1H3;1-3,9H. The monoisotopic (exact) mass is 424 g/mol. The molecule has 2 aromatic heterocycles. The molecule has 0 aliphatic carbocycles. The summed E-state index contributed by atoms with van der Waals surface area (Å²) < 4.78 is 3.22. The third-order valence-electron chi connectivity index (χ3n) is 3.03. The molecule has 1 aromatic carbocycles. The predicted molar refractivity (Wildman–Crippen MR) is 93.5 cm³/mol. The highest BCUT2D eigenvalue weighted by molar-refractivity contribution is 9.11. The van der Waals surface area contributed by atoms with Crippen LogP contribution in [0.2, 0.25) is 0 Å². The Balaban J connectivity index is 0.000000172. The van der Waals surface area contributed by atoms with Crippen molar-refractivity contribution in [2.24, 2.45) is 0 Å². The first-order valence-electron chi connectivity index (χ1n) is 6.62. The van der Waals surface area contributed by atoms with E-state index in [-0.39, 0.29) is 5.75 Å². The maximum absolute atomic E-state index is 10.8. The van der Waals surface area contributed by atoms with Gasteiger partial charge in [0.1, 0.15) is 17.1 Å². The van der Waals surface area contributed by atoms with E-state index in [1.165, 1.54) is 0 Å². The zero-order valence-corrected chi connectivity index (χ0v) is 15.0. The second-order valence-corrected chi connectivity index (χ2v) is 6.12. The molecule has 0 aliphatic rings. The first-order valence-corrected chi connectivity index (χ1v) is 8.21. The highest BCUT2D eigenvalue weighted by atomic mass is 79.9. The summed E-state index contributed by atoms with van der Waals surface area (Å²) >= 11 is 6.33. The van der Waals surface area contributed by atoms with E-state index in [1.807, 2.05) is 41.8 Å². The number of benzene rings is 1. The van der Waals surface area contributed by atoms with Crippen molar-refractivity contribution >= 4 is 43.8 Å². The van der Waals surface area contributed by atoms with E-state index in [2.05, 4.69) is 36.8 Å². The summed E-state index contributed by atoms with van der Waals surface area (Å²) in [7, 11) is 0. The van der Waals surface area contributed by atoms with Crippen LogP contribution in [0.1, 0.15) is 23.1 Å². The van der Waals surface area contributed by atoms with Crippen LogP contribution in [0.5, 0.6) is 5.75 Å². The molecular weight excluding hydrogens is 412 g/mol. The van der Waals surface area contributed by atoms with E-state index in [4.69, 9.17) is 5.11 Å². The normalized spacial score (nSPS) is 10.1. The van der Waals surface area contributed by atoms with Gasteiger partial charge in [-0.05, 0) is 62.5 Å². The molecule has 2 heterocycles. The van der Waals surface area contributed by atoms with Crippen LogP contribution >= 0.6 is 31.9 Å². The lowest BCUT2D eigenvalue weighted by Crippen LogP contribution is -1.92. The average Bonchev–Trinajstić information content (AvgIpc) is 2.90. The van der Waals surface area contributed by atoms with Crippen LogP contribution in [-0.2, 0) is 6.42 Å². The van der Waals surface area contributed by atoms with Gasteiger partial charge in [-0.25, -0.2) is 4.98 Å². The zero-order valence-electron chi connectivity index (χ0n) is 11.8. The Morgan fingerprint density at radius 3 is 2.41 bits per heavy atom. The Bertz CT molecular complexity index is 780. The fraction of sp³-hybridized carbons (Fsp3) is 0.125. The Morgan fingerprint density at radius 1 is 1.18 bits per heavy atom. The molecule has 1 N–H and O–H groups in total. The summed E-state index contributed by atoms with van der Waals surface area (Å²) in [5.74, 6) is 0.248. The number of carbonyl (C=O) groups excluding carboxylic acids is 1. The zero-order chi connectivity index (χ0) is 16.1. The number of phenolic OH excluding ortho intramolecular Hbond substituents is 1. The van der Waals surface area contributed by atoms with Gasteiger partial charge < -0.3 is 5.11 Å². The summed E-state index contributed by atoms with van der Waals surface area (Å²) in [4.78, 5) is 15.1. The number of aryl methyl sites for hydroxylation is 1. The van der Waals surface area contributed by atoms with Crippen LogP contribution in [0.15, 0.2) is 51.5 Å². The molecule has 0 saturated heterocycles. The quantitative estimate of drug-likeness (QED) is 0.609. The highest BCUT2D eigenvalue weighted by Gasteiger charge is 2.07. The minimum Gasteiger partial charge on any atom is -0.506 e. The molecule has 0 amide bonds. The summed E-state index contributed by atoms with van der Waals surface area (Å²) in [5.41, 5.74) is 2.36. The van der Waals surface area contributed by atoms with E-state index in [0.29, 0.717) is 14.6 Å². The molecular formula is C16H14Br2N2O2. The summed E-state index contributed by atoms with van der Waals surface area (Å²) in [6, 6.07) is 11.1. The number of aromatic hydroxyl groups is 1. The van der Waals surface area contributed by atoms with Gasteiger partial charge in [0, 0.05) is 6.20 Å². The number of hydrogen-bond acceptors (Lipinski definition) is 3. The molecule has 0 fully saturated rings. The van der Waals surface area contributed by atoms with Crippen molar-refractivity contribution in [1.82, 2.24) is 9.38 Å². The van der Waals surface area contributed by atoms with Crippen molar-refractivity contribution in [2.45, 2.75) is 13.3 Å². The van der Waals surface area contributed by atoms with Crippen LogP contribution in [-0.4, -0.2) is 20.8 Å². The van der Waals surface area contributed by atoms with Crippen molar-refractivity contribution in [3.63, 3.8) is 0 Å². The lowest BCUT2D eigenvalue weighted by molar-refractivity contribution is 0.111. The number of aldehydes is 1. The number of pyridine rings is 1. The minimum atomic E-state index is 0.248. The lowest BCUT2D eigenvalue weighted by Gasteiger charge is -1.96. The number of hydrogen-bond donors (Lipinski definition) is 1. The van der Waals surface area contributed by atoms with Crippen molar-refractivity contribution in [3.8, 4) is 5.75 Å². The van der Waals surface area contributed by atoms with Crippen molar-refractivity contribution in [2.75, 3.05) is 0 Å². The summed E-state index contributed by atoms with van der Waals surface area (Å²) in [5, 5.41) is 9.11. The van der Waals surface area contributed by atoms with Gasteiger partial charge in [-0.15, -0.1) is 0 Å². The average molecular weight is 426 g/mol. The Kier molecular flexibility index (Phi) is 5.74. The van der Waals surface area contributed by atoms with Gasteiger partial charge in [0.25, 0.3) is 0 Å². The molecule has 3 aromatic rings. The predicted octanol–water partition coefficient (Wildman–Crippen LogP) is 4.63. The lowest BCUT2D eigenvalue weighted by atomic mass is 10.3. The molecule has 6 heteroatoms. The number of para-hydroxylation sites is 1. The van der Waals surface area contributed by atoms with Gasteiger partial charge >= 0.3 is 0 Å². The summed E-state index contributed by atoms with van der Waals surface area (Å²) in [6.07, 6.45) is 3.50. The molecule has 22 heavy (non-hydrogen) atoms. The molecule has 0 unspecified atom stereocenters. The van der Waals surface area contributed by atoms with Crippen LogP contribution in [0.3, 0.4) is 0 Å². The fourth-order valence-electron chi connectivity index (χ4n) is 1.94. The number of rotatable bonds is 2. The maximum atomic E-state index is 10.8. The van der Waals surface area contributed by atoms with Crippen molar-refractivity contribution in [1.29, 1.82) is 0 Å². The van der Waals surface area contributed by atoms with Gasteiger partial charge in [-0.3, -0.25) is 9.20 Å². The Hall–Kier alpha value is -1.66. The molecule has 3 rings (SSSR count). The van der Waals surface area contributed by atoms with Crippen LogP contribution in [0, 0.1) is 0 Å². The molecule has 114 valence electrons. The number of phenols is 1. The van der Waals surface area contributed by atoms with E-state index >= 15 is 0 Å². The third-order valence-corrected chi connectivity index (χ3v) is 4.31. The number of halogens is 2. The first-order chi connectivity index (χ1) is 10.6. The van der Waals surface area contributed by atoms with E-state index in [1.54, 1.807) is 12.1 Å². The van der Waals surface area contributed by atoms with Gasteiger partial charge in [0.15, 0.2) is 6.29 Å². The van der Waals surface area contributed by atoms with Gasteiger partial charge in [0.2, 0.25) is 0 Å². The van der Waals surface area contributed by atoms with Crippen LogP contribution < -0.4 is 0 Å². The molecule has 0 spiro atoms. The molecule has 0 radical (unpaired) electrons. The van der Waals surface area contributed by atoms with E-state index in [9.17, 15) is 4.79 Å². The Labute approximate surface area is 145 Å². The SMILES string of the molecule is CCc1nc2ccccn2c1C=O.Oc1c(Br)cccc1Br. The first kappa shape index (κ1) is 16.7. The molecule has 0 atom stereocenters. The number of imidazole rings is 1. The van der Waals surface area contributed by atoms with Gasteiger partial charge in [-0.1, -0.05) is 19.1 Å². The minimum absolute atomic E-state index is 0.248. The number of carbonyl (C=O) groups is 1. The highest BCUT2D eigenvalue weighted by Crippen LogP contribution is 2.30. The van der Waals surface area contributed by atoms with Gasteiger partial charge in [-0.2, -0.15) is 0 Å². The fourth-order valence-corrected chi connectivity index (χ4v) is 2.94. The molecule has 4 nitrogen and oxygen atoms in total. The van der Waals surface area contributed by atoms with E-state index in [0.717, 1.165) is 24.0 Å². The topological polar surface area (TPSA) is 54.6 Å². The largest absolute Gasteiger partial charge is 0.506 e.